The van der Waals surface area contributed by atoms with Crippen LogP contribution in [0, 0.1) is 26.2 Å². The summed E-state index contributed by atoms with van der Waals surface area (Å²) in [6.07, 6.45) is 9.64. The van der Waals surface area contributed by atoms with Gasteiger partial charge in [-0.2, -0.15) is 0 Å². The van der Waals surface area contributed by atoms with Gasteiger partial charge in [0.1, 0.15) is 0 Å². The van der Waals surface area contributed by atoms with Gasteiger partial charge in [-0.1, -0.05) is 18.2 Å². The van der Waals surface area contributed by atoms with Gasteiger partial charge in [-0.15, -0.1) is 12.3 Å². The van der Waals surface area contributed by atoms with Crippen molar-refractivity contribution in [1.29, 1.82) is 0 Å². The van der Waals surface area contributed by atoms with Crippen LogP contribution < -0.4 is 0 Å². The average Bonchev–Trinajstić information content (AvgIpc) is 2.16. The van der Waals surface area contributed by atoms with Crippen molar-refractivity contribution >= 4 is 0 Å². The maximum absolute atomic E-state index is 5.22. The van der Waals surface area contributed by atoms with Crippen molar-refractivity contribution in [3.05, 3.63) is 34.9 Å². The van der Waals surface area contributed by atoms with E-state index in [9.17, 15) is 0 Å². The molecule has 0 spiro atoms. The third-order valence-corrected chi connectivity index (χ3v) is 2.64. The number of terminal acetylenes is 1. The maximum Gasteiger partial charge on any atom is 0.00861 e. The molecule has 0 aliphatic carbocycles. The molecule has 0 aliphatic heterocycles. The van der Waals surface area contributed by atoms with Crippen LogP contribution in [0.2, 0.25) is 0 Å². The van der Waals surface area contributed by atoms with E-state index in [4.69, 9.17) is 6.42 Å². The van der Waals surface area contributed by atoms with Gasteiger partial charge >= 0.3 is 0 Å². The zero-order chi connectivity index (χ0) is 10.4. The van der Waals surface area contributed by atoms with E-state index in [0.29, 0.717) is 0 Å². The third-order valence-electron chi connectivity index (χ3n) is 2.64. The molecule has 0 heteroatoms. The number of benzene rings is 1. The van der Waals surface area contributed by atoms with E-state index in [-0.39, 0.29) is 0 Å². The highest BCUT2D eigenvalue weighted by Crippen LogP contribution is 2.16. The van der Waals surface area contributed by atoms with Crippen LogP contribution in [-0.4, -0.2) is 0 Å². The third kappa shape index (κ3) is 2.92. The van der Waals surface area contributed by atoms with Crippen molar-refractivity contribution in [2.75, 3.05) is 0 Å². The molecule has 1 aromatic rings. The first-order valence-electron chi connectivity index (χ1n) is 5.24. The van der Waals surface area contributed by atoms with Gasteiger partial charge in [0.2, 0.25) is 0 Å². The van der Waals surface area contributed by atoms with Gasteiger partial charge in [0, 0.05) is 6.42 Å². The lowest BCUT2D eigenvalue weighted by atomic mass is 9.97. The van der Waals surface area contributed by atoms with Crippen molar-refractivity contribution < 1.29 is 0 Å². The van der Waals surface area contributed by atoms with Gasteiger partial charge in [-0.3, -0.25) is 0 Å². The molecule has 0 amide bonds. The van der Waals surface area contributed by atoms with Crippen LogP contribution in [0.3, 0.4) is 0 Å². The zero-order valence-corrected chi connectivity index (χ0v) is 9.14. The number of unbranched alkanes of at least 4 members (excludes halogenated alkanes) is 2. The summed E-state index contributed by atoms with van der Waals surface area (Å²) in [4.78, 5) is 0. The molecule has 0 aliphatic rings. The van der Waals surface area contributed by atoms with Gasteiger partial charge in [0.25, 0.3) is 0 Å². The minimum Gasteiger partial charge on any atom is -0.120 e. The van der Waals surface area contributed by atoms with Crippen LogP contribution in [0.4, 0.5) is 0 Å². The van der Waals surface area contributed by atoms with E-state index < -0.39 is 0 Å². The largest absolute Gasteiger partial charge is 0.120 e. The summed E-state index contributed by atoms with van der Waals surface area (Å²) in [5.74, 6) is 2.68. The zero-order valence-electron chi connectivity index (χ0n) is 9.14. The molecule has 14 heavy (non-hydrogen) atoms. The Morgan fingerprint density at radius 3 is 2.36 bits per heavy atom. The highest BCUT2D eigenvalue weighted by Gasteiger charge is 2.00. The molecule has 0 saturated carbocycles. The smallest absolute Gasteiger partial charge is 0.00861 e. The normalized spacial score (nSPS) is 9.79. The monoisotopic (exact) mass is 186 g/mol. The van der Waals surface area contributed by atoms with Crippen LogP contribution in [0.15, 0.2) is 18.2 Å². The molecule has 0 radical (unpaired) electrons. The van der Waals surface area contributed by atoms with Gasteiger partial charge in [0.15, 0.2) is 0 Å². The Balaban J connectivity index is 2.54. The number of hydrogen-bond acceptors (Lipinski definition) is 0. The first-order valence-corrected chi connectivity index (χ1v) is 5.24. The Labute approximate surface area is 87.4 Å². The molecular formula is C14H18. The van der Waals surface area contributed by atoms with Crippen LogP contribution in [0.5, 0.6) is 0 Å². The first kappa shape index (κ1) is 10.9. The molecule has 1 aromatic carbocycles. The van der Waals surface area contributed by atoms with Crippen molar-refractivity contribution in [1.82, 2.24) is 0 Å². The Kier molecular flexibility index (Phi) is 4.26. The standard InChI is InChI=1S/C14H18/c1-4-5-6-7-11-14-12(2)9-8-10-13(14)3/h1,8-10H,5-7,11H2,2-3H3. The molecule has 0 saturated heterocycles. The highest BCUT2D eigenvalue weighted by atomic mass is 14.1. The van der Waals surface area contributed by atoms with Gasteiger partial charge < -0.3 is 0 Å². The van der Waals surface area contributed by atoms with E-state index in [1.54, 1.807) is 0 Å². The predicted molar refractivity (Wildman–Crippen MR) is 62.3 cm³/mol. The van der Waals surface area contributed by atoms with Crippen LogP contribution in [0.25, 0.3) is 0 Å². The van der Waals surface area contributed by atoms with Crippen molar-refractivity contribution in [3.63, 3.8) is 0 Å². The molecule has 0 aromatic heterocycles. The topological polar surface area (TPSA) is 0 Å². The molecule has 0 N–H and O–H groups in total. The molecule has 0 heterocycles. The molecule has 0 nitrogen and oxygen atoms in total. The van der Waals surface area contributed by atoms with Crippen molar-refractivity contribution in [3.8, 4) is 12.3 Å². The molecule has 74 valence electrons. The fourth-order valence-electron chi connectivity index (χ4n) is 1.77. The Bertz CT molecular complexity index is 308. The SMILES string of the molecule is C#CCCCCc1c(C)cccc1C. The summed E-state index contributed by atoms with van der Waals surface area (Å²) in [5, 5.41) is 0. The van der Waals surface area contributed by atoms with Crippen LogP contribution >= 0.6 is 0 Å². The summed E-state index contributed by atoms with van der Waals surface area (Å²) in [6.45, 7) is 4.37. The number of aryl methyl sites for hydroxylation is 2. The van der Waals surface area contributed by atoms with Gasteiger partial charge in [-0.25, -0.2) is 0 Å². The lowest BCUT2D eigenvalue weighted by Crippen LogP contribution is -1.93. The van der Waals surface area contributed by atoms with E-state index in [1.807, 2.05) is 0 Å². The summed E-state index contributed by atoms with van der Waals surface area (Å²) >= 11 is 0. The quantitative estimate of drug-likeness (QED) is 0.497. The molecule has 0 atom stereocenters. The molecule has 1 rings (SSSR count). The van der Waals surface area contributed by atoms with Crippen LogP contribution in [-0.2, 0) is 6.42 Å². The first-order chi connectivity index (χ1) is 6.75. The van der Waals surface area contributed by atoms with Crippen molar-refractivity contribution in [2.24, 2.45) is 0 Å². The Morgan fingerprint density at radius 2 is 1.79 bits per heavy atom. The highest BCUT2D eigenvalue weighted by molar-refractivity contribution is 5.33. The van der Waals surface area contributed by atoms with E-state index in [0.717, 1.165) is 12.8 Å². The summed E-state index contributed by atoms with van der Waals surface area (Å²) in [7, 11) is 0. The van der Waals surface area contributed by atoms with E-state index in [2.05, 4.69) is 38.0 Å². The second-order valence-corrected chi connectivity index (χ2v) is 3.78. The van der Waals surface area contributed by atoms with Crippen molar-refractivity contribution in [2.45, 2.75) is 39.5 Å². The summed E-state index contributed by atoms with van der Waals surface area (Å²) in [6, 6.07) is 6.49. The molecular weight excluding hydrogens is 168 g/mol. The van der Waals surface area contributed by atoms with Gasteiger partial charge in [-0.05, 0) is 49.8 Å². The summed E-state index contributed by atoms with van der Waals surface area (Å²) in [5.41, 5.74) is 4.32. The molecule has 0 bridgehead atoms. The van der Waals surface area contributed by atoms with E-state index >= 15 is 0 Å². The average molecular weight is 186 g/mol. The van der Waals surface area contributed by atoms with Gasteiger partial charge in [0.05, 0.1) is 0 Å². The lowest BCUT2D eigenvalue weighted by Gasteiger charge is -2.08. The maximum atomic E-state index is 5.22. The Morgan fingerprint density at radius 1 is 1.14 bits per heavy atom. The lowest BCUT2D eigenvalue weighted by molar-refractivity contribution is 0.751. The predicted octanol–water partition coefficient (Wildman–Crippen LogP) is 3.65. The van der Waals surface area contributed by atoms with Crippen LogP contribution in [0.1, 0.15) is 36.0 Å². The van der Waals surface area contributed by atoms with E-state index in [1.165, 1.54) is 29.5 Å². The number of hydrogen-bond donors (Lipinski definition) is 0. The number of rotatable bonds is 4. The fraction of sp³-hybridized carbons (Fsp3) is 0.429. The fourth-order valence-corrected chi connectivity index (χ4v) is 1.77. The summed E-state index contributed by atoms with van der Waals surface area (Å²) < 4.78 is 0. The second kappa shape index (κ2) is 5.50. The molecule has 0 fully saturated rings. The minimum absolute atomic E-state index is 0.908. The molecule has 0 unspecified atom stereocenters. The Hall–Kier alpha value is -1.22. The minimum atomic E-state index is 0.908. The second-order valence-electron chi connectivity index (χ2n) is 3.78.